The Bertz CT molecular complexity index is 1350. The zero-order valence-electron chi connectivity index (χ0n) is 24.7. The van der Waals surface area contributed by atoms with Gasteiger partial charge in [-0.25, -0.2) is 0 Å². The van der Waals surface area contributed by atoms with Gasteiger partial charge in [0.2, 0.25) is 0 Å². The molecule has 0 fully saturated rings. The summed E-state index contributed by atoms with van der Waals surface area (Å²) in [5, 5.41) is 5.45. The molecular formula is C35H42Cl2SiZr. The van der Waals surface area contributed by atoms with Crippen LogP contribution in [0.15, 0.2) is 91.0 Å². The molecule has 0 aliphatic rings. The molecule has 0 spiro atoms. The van der Waals surface area contributed by atoms with Crippen molar-refractivity contribution in [2.24, 2.45) is 0 Å². The molecule has 0 nitrogen and oxygen atoms in total. The summed E-state index contributed by atoms with van der Waals surface area (Å²) >= 11 is -0.826. The summed E-state index contributed by atoms with van der Waals surface area (Å²) in [6.45, 7) is 17.8. The van der Waals surface area contributed by atoms with Gasteiger partial charge in [0.05, 0.1) is 0 Å². The Morgan fingerprint density at radius 2 is 1.41 bits per heavy atom. The van der Waals surface area contributed by atoms with Gasteiger partial charge in [0, 0.05) is 9.52 Å². The van der Waals surface area contributed by atoms with E-state index in [4.69, 9.17) is 17.0 Å². The van der Waals surface area contributed by atoms with Crippen LogP contribution in [0.5, 0.6) is 0 Å². The topological polar surface area (TPSA) is 0 Å². The summed E-state index contributed by atoms with van der Waals surface area (Å²) in [5.41, 5.74) is 7.09. The van der Waals surface area contributed by atoms with Gasteiger partial charge in [0.1, 0.15) is 0 Å². The normalized spacial score (nSPS) is 10.6. The third-order valence-corrected chi connectivity index (χ3v) is 6.59. The fraction of sp³-hybridized carbons (Fsp3) is 0.314. The van der Waals surface area contributed by atoms with Crippen LogP contribution in [0.4, 0.5) is 0 Å². The first-order valence-corrected chi connectivity index (χ1v) is 21.9. The number of halogens is 2. The van der Waals surface area contributed by atoms with E-state index in [-0.39, 0.29) is 5.41 Å². The second-order valence-electron chi connectivity index (χ2n) is 11.0. The third-order valence-electron chi connectivity index (χ3n) is 6.59. The van der Waals surface area contributed by atoms with Crippen LogP contribution >= 0.6 is 17.0 Å². The Morgan fingerprint density at radius 1 is 0.821 bits per heavy atom. The van der Waals surface area contributed by atoms with Crippen molar-refractivity contribution in [1.82, 2.24) is 0 Å². The van der Waals surface area contributed by atoms with Crippen LogP contribution in [0.25, 0.3) is 32.7 Å². The van der Waals surface area contributed by atoms with Crippen molar-refractivity contribution in [3.63, 3.8) is 0 Å². The van der Waals surface area contributed by atoms with Crippen LogP contribution in [-0.4, -0.2) is 9.52 Å². The van der Waals surface area contributed by atoms with Crippen LogP contribution in [0.3, 0.4) is 0 Å². The predicted molar refractivity (Wildman–Crippen MR) is 176 cm³/mol. The molecule has 0 N–H and O–H groups in total. The Balaban J connectivity index is 0.000000260. The van der Waals surface area contributed by atoms with E-state index in [9.17, 15) is 0 Å². The number of fused-ring (bicyclic) bond motifs is 2. The first-order chi connectivity index (χ1) is 18.6. The van der Waals surface area contributed by atoms with Gasteiger partial charge in [-0.3, -0.25) is 0 Å². The average molecular weight is 653 g/mol. The maximum absolute atomic E-state index is 4.93. The van der Waals surface area contributed by atoms with Crippen LogP contribution in [0, 0.1) is 0 Å². The van der Waals surface area contributed by atoms with E-state index in [1.54, 1.807) is 0 Å². The van der Waals surface area contributed by atoms with Crippen LogP contribution < -0.4 is 0 Å². The van der Waals surface area contributed by atoms with Crippen molar-refractivity contribution in [3.8, 4) is 11.1 Å². The van der Waals surface area contributed by atoms with Crippen LogP contribution in [0.1, 0.15) is 64.2 Å². The molecule has 0 heterocycles. The van der Waals surface area contributed by atoms with Crippen molar-refractivity contribution in [1.29, 1.82) is 0 Å². The summed E-state index contributed by atoms with van der Waals surface area (Å²) in [6, 6.07) is 33.4. The van der Waals surface area contributed by atoms with E-state index in [1.165, 1.54) is 49.4 Å². The van der Waals surface area contributed by atoms with Crippen LogP contribution in [0.2, 0.25) is 13.1 Å². The van der Waals surface area contributed by atoms with E-state index in [2.05, 4.69) is 146 Å². The minimum atomic E-state index is -0.826. The molecule has 5 aromatic carbocycles. The van der Waals surface area contributed by atoms with E-state index in [0.717, 1.165) is 15.9 Å². The molecule has 0 aromatic heterocycles. The molecule has 0 saturated heterocycles. The molecule has 0 amide bonds. The number of benzene rings is 3. The molecule has 204 valence electrons. The third kappa shape index (κ3) is 10.2. The van der Waals surface area contributed by atoms with Gasteiger partial charge in [-0.1, -0.05) is 96.6 Å². The second kappa shape index (κ2) is 16.7. The van der Waals surface area contributed by atoms with Gasteiger partial charge in [0.15, 0.2) is 0 Å². The van der Waals surface area contributed by atoms with Gasteiger partial charge in [0.25, 0.3) is 0 Å². The zero-order chi connectivity index (χ0) is 29.0. The number of aryl methyl sites for hydroxylation is 1. The molecule has 0 atom stereocenters. The monoisotopic (exact) mass is 650 g/mol. The molecule has 0 aliphatic heterocycles. The van der Waals surface area contributed by atoms with E-state index >= 15 is 0 Å². The average Bonchev–Trinajstić information content (AvgIpc) is 3.54. The Kier molecular flexibility index (Phi) is 14.5. The van der Waals surface area contributed by atoms with E-state index in [0.29, 0.717) is 5.92 Å². The molecule has 0 saturated carbocycles. The van der Waals surface area contributed by atoms with Gasteiger partial charge in [-0.2, -0.15) is 12.1 Å². The number of rotatable bonds is 3. The Labute approximate surface area is 258 Å². The first kappa shape index (κ1) is 33.8. The summed E-state index contributed by atoms with van der Waals surface area (Å²) in [7, 11) is 11.0. The summed E-state index contributed by atoms with van der Waals surface area (Å²) in [6.07, 6.45) is 1.13. The van der Waals surface area contributed by atoms with E-state index < -0.39 is 20.8 Å². The molecule has 5 rings (SSSR count). The minimum absolute atomic E-state index is 0.204. The van der Waals surface area contributed by atoms with Crippen molar-refractivity contribution in [2.75, 3.05) is 0 Å². The molecule has 2 radical (unpaired) electrons. The van der Waals surface area contributed by atoms with Gasteiger partial charge < -0.3 is 0 Å². The second-order valence-corrected chi connectivity index (χ2v) is 15.7. The Hall–Kier alpha value is -1.44. The van der Waals surface area contributed by atoms with Crippen molar-refractivity contribution in [2.45, 2.75) is 72.4 Å². The molecule has 0 unspecified atom stereocenters. The zero-order valence-corrected chi connectivity index (χ0v) is 29.7. The fourth-order valence-corrected chi connectivity index (χ4v) is 4.41. The fourth-order valence-electron chi connectivity index (χ4n) is 4.41. The maximum atomic E-state index is 4.93. The standard InChI is InChI=1S/C22H25.C11H11.C2H6Si.2ClH.Zr/c1-15(2)18-13-17-7-6-8-20(21(17)14-18)16-9-11-19(12-10-16)22(3,4)5;1-2-9-7-10-5-3-4-6-11(10)8-9;1-3-2;;;/h6-15H,1-5H3;3-8H,2H2,1H3;1-2H3;2*1H;/q2*-1;;;;+4/p-2. The first-order valence-electron chi connectivity index (χ1n) is 13.6. The Morgan fingerprint density at radius 3 is 1.95 bits per heavy atom. The van der Waals surface area contributed by atoms with Gasteiger partial charge in [-0.15, -0.1) is 75.1 Å². The number of hydrogen-bond acceptors (Lipinski definition) is 0. The molecule has 4 heteroatoms. The molecule has 39 heavy (non-hydrogen) atoms. The summed E-state index contributed by atoms with van der Waals surface area (Å²) in [4.78, 5) is 0. The van der Waals surface area contributed by atoms with Crippen LogP contribution in [-0.2, 0) is 32.7 Å². The van der Waals surface area contributed by atoms with Crippen molar-refractivity contribution < 1.29 is 20.8 Å². The van der Waals surface area contributed by atoms with Gasteiger partial charge in [-0.05, 0) is 28.9 Å². The molecule has 0 aliphatic carbocycles. The molecule has 0 bridgehead atoms. The van der Waals surface area contributed by atoms with Crippen molar-refractivity contribution >= 4 is 48.1 Å². The SMILES string of the molecule is CC(C)c1cc2c(-c3ccc(C(C)(C)C)cc3)cccc2[cH-]1.CCc1cc2ccccc2[cH-]1.C[Si]C.[Cl][Zr+2][Cl]. The molecular weight excluding hydrogens is 611 g/mol. The van der Waals surface area contributed by atoms with Gasteiger partial charge >= 0.3 is 37.9 Å². The summed E-state index contributed by atoms with van der Waals surface area (Å²) < 4.78 is 0. The summed E-state index contributed by atoms with van der Waals surface area (Å²) in [5.74, 6) is 0.573. The quantitative estimate of drug-likeness (QED) is 0.134. The molecule has 5 aromatic rings. The van der Waals surface area contributed by atoms with Crippen molar-refractivity contribution in [3.05, 3.63) is 108 Å². The number of hydrogen-bond donors (Lipinski definition) is 0. The van der Waals surface area contributed by atoms with E-state index in [1.807, 2.05) is 0 Å². The predicted octanol–water partition coefficient (Wildman–Crippen LogP) is 11.9.